The molecule has 3 rings (SSSR count). The summed E-state index contributed by atoms with van der Waals surface area (Å²) in [6.07, 6.45) is 1.05. The van der Waals surface area contributed by atoms with Gasteiger partial charge < -0.3 is 15.5 Å². The summed E-state index contributed by atoms with van der Waals surface area (Å²) in [5.41, 5.74) is 1.17. The van der Waals surface area contributed by atoms with Crippen LogP contribution in [-0.2, 0) is 22.1 Å². The lowest BCUT2D eigenvalue weighted by Gasteiger charge is -2.35. The zero-order valence-corrected chi connectivity index (χ0v) is 17.6. The van der Waals surface area contributed by atoms with E-state index >= 15 is 0 Å². The summed E-state index contributed by atoms with van der Waals surface area (Å²) in [5, 5.41) is 10.3. The van der Waals surface area contributed by atoms with Gasteiger partial charge in [0.05, 0.1) is 5.69 Å². The van der Waals surface area contributed by atoms with Crippen molar-refractivity contribution in [3.05, 3.63) is 17.5 Å². The lowest BCUT2D eigenvalue weighted by atomic mass is 9.92. The SMILES string of the molecule is CC(C)C[C@H]1NC(=O)[C@@H]2C[C@H](NC(=O)c3cc(C(C)(C)C)nn3C)CN2C1=O. The second kappa shape index (κ2) is 7.22. The number of aromatic nitrogens is 2. The highest BCUT2D eigenvalue weighted by Crippen LogP contribution is 2.25. The largest absolute Gasteiger partial charge is 0.346 e. The fraction of sp³-hybridized carbons (Fsp3) is 0.700. The van der Waals surface area contributed by atoms with Crippen molar-refractivity contribution < 1.29 is 14.4 Å². The van der Waals surface area contributed by atoms with Crippen LogP contribution >= 0.6 is 0 Å². The number of piperazine rings is 1. The van der Waals surface area contributed by atoms with Crippen LogP contribution < -0.4 is 10.6 Å². The Morgan fingerprint density at radius 3 is 2.61 bits per heavy atom. The standard InChI is InChI=1S/C20H31N5O3/c1-11(2)7-13-19(28)25-10-12(8-15(25)18(27)22-13)21-17(26)14-9-16(20(3,4)5)23-24(14)6/h9,11-13,15H,7-8,10H2,1-6H3,(H,21,26)(H,22,27)/t12-,13+,15-/m0/s1. The Hall–Kier alpha value is -2.38. The summed E-state index contributed by atoms with van der Waals surface area (Å²) in [6.45, 7) is 10.6. The van der Waals surface area contributed by atoms with Crippen molar-refractivity contribution in [1.82, 2.24) is 25.3 Å². The van der Waals surface area contributed by atoms with Crippen LogP contribution in [-0.4, -0.2) is 57.1 Å². The first kappa shape index (κ1) is 20.4. The minimum absolute atomic E-state index is 0.0504. The van der Waals surface area contributed by atoms with Gasteiger partial charge in [-0.2, -0.15) is 5.10 Å². The summed E-state index contributed by atoms with van der Waals surface area (Å²) < 4.78 is 1.58. The van der Waals surface area contributed by atoms with E-state index in [4.69, 9.17) is 0 Å². The van der Waals surface area contributed by atoms with Gasteiger partial charge in [-0.3, -0.25) is 19.1 Å². The molecule has 8 nitrogen and oxygen atoms in total. The number of amides is 3. The van der Waals surface area contributed by atoms with E-state index in [-0.39, 0.29) is 29.2 Å². The third-order valence-corrected chi connectivity index (χ3v) is 5.42. The summed E-state index contributed by atoms with van der Waals surface area (Å²) in [6, 6.07) is 0.578. The zero-order chi connectivity index (χ0) is 20.8. The van der Waals surface area contributed by atoms with Crippen LogP contribution in [0.25, 0.3) is 0 Å². The van der Waals surface area contributed by atoms with Crippen LogP contribution in [0.4, 0.5) is 0 Å². The molecule has 0 aliphatic carbocycles. The number of carbonyl (C=O) groups excluding carboxylic acids is 3. The van der Waals surface area contributed by atoms with Crippen LogP contribution in [0.1, 0.15) is 63.6 Å². The van der Waals surface area contributed by atoms with E-state index in [2.05, 4.69) is 15.7 Å². The molecule has 0 spiro atoms. The van der Waals surface area contributed by atoms with Gasteiger partial charge in [0.2, 0.25) is 11.8 Å². The number of rotatable bonds is 4. The van der Waals surface area contributed by atoms with Gasteiger partial charge in [0.1, 0.15) is 17.8 Å². The van der Waals surface area contributed by atoms with Gasteiger partial charge in [0.25, 0.3) is 5.91 Å². The molecule has 0 unspecified atom stereocenters. The first-order valence-electron chi connectivity index (χ1n) is 9.93. The van der Waals surface area contributed by atoms with Crippen molar-refractivity contribution in [3.63, 3.8) is 0 Å². The number of nitrogens with zero attached hydrogens (tertiary/aromatic N) is 3. The van der Waals surface area contributed by atoms with Crippen LogP contribution in [0.15, 0.2) is 6.07 Å². The molecule has 28 heavy (non-hydrogen) atoms. The van der Waals surface area contributed by atoms with Crippen molar-refractivity contribution in [3.8, 4) is 0 Å². The molecular weight excluding hydrogens is 358 g/mol. The molecule has 2 aliphatic heterocycles. The minimum atomic E-state index is -0.502. The molecule has 1 aromatic heterocycles. The van der Waals surface area contributed by atoms with E-state index in [1.165, 1.54) is 0 Å². The minimum Gasteiger partial charge on any atom is -0.346 e. The maximum Gasteiger partial charge on any atom is 0.269 e. The molecule has 2 N–H and O–H groups in total. The van der Waals surface area contributed by atoms with Gasteiger partial charge in [0.15, 0.2) is 0 Å². The van der Waals surface area contributed by atoms with E-state index in [0.717, 1.165) is 5.69 Å². The second-order valence-electron chi connectivity index (χ2n) is 9.39. The Labute approximate surface area is 166 Å². The van der Waals surface area contributed by atoms with Crippen molar-refractivity contribution in [2.75, 3.05) is 6.54 Å². The molecule has 0 saturated carbocycles. The Morgan fingerprint density at radius 1 is 1.36 bits per heavy atom. The molecule has 0 bridgehead atoms. The third-order valence-electron chi connectivity index (χ3n) is 5.42. The van der Waals surface area contributed by atoms with Gasteiger partial charge in [-0.05, 0) is 24.8 Å². The molecule has 3 heterocycles. The van der Waals surface area contributed by atoms with Crippen molar-refractivity contribution in [2.24, 2.45) is 13.0 Å². The molecule has 3 atom stereocenters. The molecule has 0 aromatic carbocycles. The van der Waals surface area contributed by atoms with E-state index < -0.39 is 12.1 Å². The van der Waals surface area contributed by atoms with Crippen LogP contribution in [0, 0.1) is 5.92 Å². The monoisotopic (exact) mass is 389 g/mol. The molecule has 0 radical (unpaired) electrons. The molecule has 3 amide bonds. The first-order chi connectivity index (χ1) is 13.0. The van der Waals surface area contributed by atoms with Crippen molar-refractivity contribution >= 4 is 17.7 Å². The molecule has 154 valence electrons. The smallest absolute Gasteiger partial charge is 0.269 e. The number of aryl methyl sites for hydroxylation is 1. The summed E-state index contributed by atoms with van der Waals surface area (Å²) in [5.74, 6) is -0.101. The van der Waals surface area contributed by atoms with E-state index in [1.54, 1.807) is 22.7 Å². The fourth-order valence-electron chi connectivity index (χ4n) is 3.90. The second-order valence-corrected chi connectivity index (χ2v) is 9.39. The maximum absolute atomic E-state index is 12.8. The lowest BCUT2D eigenvalue weighted by Crippen LogP contribution is -2.61. The predicted molar refractivity (Wildman–Crippen MR) is 105 cm³/mol. The summed E-state index contributed by atoms with van der Waals surface area (Å²) >= 11 is 0. The predicted octanol–water partition coefficient (Wildman–Crippen LogP) is 0.961. The third kappa shape index (κ3) is 3.91. The number of hydrogen-bond acceptors (Lipinski definition) is 4. The Morgan fingerprint density at radius 2 is 2.04 bits per heavy atom. The highest BCUT2D eigenvalue weighted by Gasteiger charge is 2.46. The van der Waals surface area contributed by atoms with Crippen LogP contribution in [0.5, 0.6) is 0 Å². The van der Waals surface area contributed by atoms with E-state index in [0.29, 0.717) is 31.0 Å². The lowest BCUT2D eigenvalue weighted by molar-refractivity contribution is -0.147. The zero-order valence-electron chi connectivity index (χ0n) is 17.6. The van der Waals surface area contributed by atoms with Crippen LogP contribution in [0.3, 0.4) is 0 Å². The molecule has 1 aromatic rings. The van der Waals surface area contributed by atoms with Crippen LogP contribution in [0.2, 0.25) is 0 Å². The molecule has 2 fully saturated rings. The van der Waals surface area contributed by atoms with E-state index in [1.807, 2.05) is 34.6 Å². The van der Waals surface area contributed by atoms with Gasteiger partial charge >= 0.3 is 0 Å². The fourth-order valence-corrected chi connectivity index (χ4v) is 3.90. The number of fused-ring (bicyclic) bond motifs is 1. The normalized spacial score (nSPS) is 25.1. The average molecular weight is 390 g/mol. The first-order valence-corrected chi connectivity index (χ1v) is 9.93. The Kier molecular flexibility index (Phi) is 5.25. The van der Waals surface area contributed by atoms with Gasteiger partial charge in [-0.15, -0.1) is 0 Å². The maximum atomic E-state index is 12.8. The van der Waals surface area contributed by atoms with Gasteiger partial charge in [-0.25, -0.2) is 0 Å². The number of hydrogen-bond donors (Lipinski definition) is 2. The number of nitrogens with one attached hydrogen (secondary N) is 2. The molecule has 2 aliphatic rings. The summed E-state index contributed by atoms with van der Waals surface area (Å²) in [4.78, 5) is 39.6. The van der Waals surface area contributed by atoms with Gasteiger partial charge in [0, 0.05) is 25.0 Å². The van der Waals surface area contributed by atoms with Gasteiger partial charge in [-0.1, -0.05) is 34.6 Å². The summed E-state index contributed by atoms with van der Waals surface area (Å²) in [7, 11) is 1.75. The van der Waals surface area contributed by atoms with E-state index in [9.17, 15) is 14.4 Å². The average Bonchev–Trinajstić information content (AvgIpc) is 3.15. The molecule has 8 heteroatoms. The topological polar surface area (TPSA) is 96.3 Å². The Balaban J connectivity index is 1.69. The molecular formula is C20H31N5O3. The van der Waals surface area contributed by atoms with Crippen molar-refractivity contribution in [2.45, 2.75) is 71.0 Å². The highest BCUT2D eigenvalue weighted by molar-refractivity contribution is 5.98. The number of carbonyl (C=O) groups is 3. The Bertz CT molecular complexity index is 792. The quantitative estimate of drug-likeness (QED) is 0.802. The molecule has 2 saturated heterocycles. The highest BCUT2D eigenvalue weighted by atomic mass is 16.2. The van der Waals surface area contributed by atoms with Crippen molar-refractivity contribution in [1.29, 1.82) is 0 Å².